The van der Waals surface area contributed by atoms with E-state index in [4.69, 9.17) is 0 Å². The number of nitrogens with one attached hydrogen (secondary N) is 1. The molecule has 1 atom stereocenters. The predicted molar refractivity (Wildman–Crippen MR) is 81.6 cm³/mol. The fourth-order valence-corrected chi connectivity index (χ4v) is 3.95. The molecule has 0 aliphatic carbocycles. The number of pyridine rings is 1. The second kappa shape index (κ2) is 5.69. The standard InChI is InChI=1S/C14H18N4O3S/c1-22(20,21)18-8-4-6-13(18)14(19)15-9-11-10-16-17-7-3-2-5-12(11)17/h2-3,5,7,10,13H,4,6,8-9H2,1H3,(H,15,19)/t13-/m0/s1. The van der Waals surface area contributed by atoms with E-state index >= 15 is 0 Å². The number of sulfonamides is 1. The number of aromatic nitrogens is 2. The molecule has 1 amide bonds. The molecule has 2 aromatic rings. The molecular weight excluding hydrogens is 304 g/mol. The van der Waals surface area contributed by atoms with Crippen molar-refractivity contribution in [1.82, 2.24) is 19.2 Å². The van der Waals surface area contributed by atoms with Gasteiger partial charge in [0.05, 0.1) is 18.0 Å². The Hall–Kier alpha value is -1.93. The Labute approximate surface area is 129 Å². The number of fused-ring (bicyclic) bond motifs is 1. The van der Waals surface area contributed by atoms with Gasteiger partial charge < -0.3 is 5.32 Å². The average Bonchev–Trinajstić information content (AvgIpc) is 3.11. The molecule has 1 aliphatic rings. The van der Waals surface area contributed by atoms with Crippen LogP contribution < -0.4 is 5.32 Å². The van der Waals surface area contributed by atoms with E-state index in [0.717, 1.165) is 17.3 Å². The number of amides is 1. The zero-order chi connectivity index (χ0) is 15.7. The monoisotopic (exact) mass is 322 g/mol. The Morgan fingerprint density at radius 2 is 2.27 bits per heavy atom. The molecule has 0 saturated carbocycles. The number of nitrogens with zero attached hydrogens (tertiary/aromatic N) is 3. The van der Waals surface area contributed by atoms with Crippen LogP contribution in [-0.4, -0.2) is 47.1 Å². The summed E-state index contributed by atoms with van der Waals surface area (Å²) < 4.78 is 26.4. The number of carbonyl (C=O) groups is 1. The van der Waals surface area contributed by atoms with Crippen molar-refractivity contribution in [3.05, 3.63) is 36.2 Å². The van der Waals surface area contributed by atoms with Gasteiger partial charge in [0.1, 0.15) is 6.04 Å². The molecule has 0 radical (unpaired) electrons. The maximum absolute atomic E-state index is 12.3. The van der Waals surface area contributed by atoms with Gasteiger partial charge >= 0.3 is 0 Å². The summed E-state index contributed by atoms with van der Waals surface area (Å²) in [4.78, 5) is 12.3. The van der Waals surface area contributed by atoms with Gasteiger partial charge in [-0.05, 0) is 25.0 Å². The van der Waals surface area contributed by atoms with Crippen molar-refractivity contribution in [3.63, 3.8) is 0 Å². The first kappa shape index (κ1) is 15.0. The van der Waals surface area contributed by atoms with E-state index in [-0.39, 0.29) is 5.91 Å². The lowest BCUT2D eigenvalue weighted by molar-refractivity contribution is -0.124. The zero-order valence-electron chi connectivity index (χ0n) is 12.3. The topological polar surface area (TPSA) is 83.8 Å². The van der Waals surface area contributed by atoms with Gasteiger partial charge in [0, 0.05) is 24.8 Å². The summed E-state index contributed by atoms with van der Waals surface area (Å²) in [6, 6.07) is 5.11. The van der Waals surface area contributed by atoms with Crippen LogP contribution in [-0.2, 0) is 21.4 Å². The zero-order valence-corrected chi connectivity index (χ0v) is 13.1. The molecule has 2 aromatic heterocycles. The van der Waals surface area contributed by atoms with Crippen LogP contribution in [0.25, 0.3) is 5.52 Å². The lowest BCUT2D eigenvalue weighted by Gasteiger charge is -2.21. The van der Waals surface area contributed by atoms with E-state index in [1.54, 1.807) is 10.7 Å². The Kier molecular flexibility index (Phi) is 3.88. The van der Waals surface area contributed by atoms with Crippen molar-refractivity contribution >= 4 is 21.4 Å². The highest BCUT2D eigenvalue weighted by Crippen LogP contribution is 2.20. The van der Waals surface area contributed by atoms with Crippen molar-refractivity contribution in [2.24, 2.45) is 0 Å². The van der Waals surface area contributed by atoms with Crippen molar-refractivity contribution in [2.75, 3.05) is 12.8 Å². The summed E-state index contributed by atoms with van der Waals surface area (Å²) in [5.41, 5.74) is 1.83. The first-order chi connectivity index (χ1) is 10.5. The highest BCUT2D eigenvalue weighted by Gasteiger charge is 2.36. The molecule has 3 heterocycles. The fourth-order valence-electron chi connectivity index (χ4n) is 2.82. The van der Waals surface area contributed by atoms with Crippen LogP contribution in [0.1, 0.15) is 18.4 Å². The third-order valence-corrected chi connectivity index (χ3v) is 5.18. The molecule has 1 aliphatic heterocycles. The SMILES string of the molecule is CS(=O)(=O)N1CCC[C@H]1C(=O)NCc1cnn2ccccc12. The Balaban J connectivity index is 1.70. The molecule has 7 nitrogen and oxygen atoms in total. The van der Waals surface area contributed by atoms with Crippen LogP contribution in [0.2, 0.25) is 0 Å². The van der Waals surface area contributed by atoms with Gasteiger partial charge in [0.15, 0.2) is 0 Å². The molecular formula is C14H18N4O3S. The molecule has 1 N–H and O–H groups in total. The van der Waals surface area contributed by atoms with Crippen LogP contribution in [0, 0.1) is 0 Å². The Morgan fingerprint density at radius 1 is 1.45 bits per heavy atom. The molecule has 0 aromatic carbocycles. The first-order valence-corrected chi connectivity index (χ1v) is 8.97. The van der Waals surface area contributed by atoms with Crippen LogP contribution in [0.3, 0.4) is 0 Å². The van der Waals surface area contributed by atoms with Gasteiger partial charge in [0.25, 0.3) is 0 Å². The Morgan fingerprint density at radius 3 is 3.05 bits per heavy atom. The van der Waals surface area contributed by atoms with Crippen molar-refractivity contribution in [1.29, 1.82) is 0 Å². The fraction of sp³-hybridized carbons (Fsp3) is 0.429. The highest BCUT2D eigenvalue weighted by atomic mass is 32.2. The van der Waals surface area contributed by atoms with Crippen molar-refractivity contribution in [2.45, 2.75) is 25.4 Å². The summed E-state index contributed by atoms with van der Waals surface area (Å²) in [7, 11) is -3.35. The number of hydrogen-bond acceptors (Lipinski definition) is 4. The molecule has 3 rings (SSSR count). The van der Waals surface area contributed by atoms with Crippen LogP contribution in [0.5, 0.6) is 0 Å². The highest BCUT2D eigenvalue weighted by molar-refractivity contribution is 7.88. The maximum atomic E-state index is 12.3. The minimum Gasteiger partial charge on any atom is -0.350 e. The largest absolute Gasteiger partial charge is 0.350 e. The minimum atomic E-state index is -3.35. The molecule has 0 bridgehead atoms. The van der Waals surface area contributed by atoms with E-state index in [9.17, 15) is 13.2 Å². The summed E-state index contributed by atoms with van der Waals surface area (Å²) in [6.45, 7) is 0.744. The minimum absolute atomic E-state index is 0.252. The van der Waals surface area contributed by atoms with Crippen molar-refractivity contribution < 1.29 is 13.2 Å². The predicted octanol–water partition coefficient (Wildman–Crippen LogP) is 0.375. The van der Waals surface area contributed by atoms with Crippen LogP contribution >= 0.6 is 0 Å². The molecule has 1 fully saturated rings. The maximum Gasteiger partial charge on any atom is 0.238 e. The molecule has 22 heavy (non-hydrogen) atoms. The van der Waals surface area contributed by atoms with Crippen LogP contribution in [0.15, 0.2) is 30.6 Å². The van der Waals surface area contributed by atoms with Gasteiger partial charge in [-0.15, -0.1) is 0 Å². The van der Waals surface area contributed by atoms with Gasteiger partial charge in [-0.25, -0.2) is 12.9 Å². The second-order valence-corrected chi connectivity index (χ2v) is 7.38. The smallest absolute Gasteiger partial charge is 0.238 e. The van der Waals surface area contributed by atoms with Crippen LogP contribution in [0.4, 0.5) is 0 Å². The molecule has 8 heteroatoms. The summed E-state index contributed by atoms with van der Waals surface area (Å²) >= 11 is 0. The van der Waals surface area contributed by atoms with E-state index < -0.39 is 16.1 Å². The van der Waals surface area contributed by atoms with E-state index in [1.807, 2.05) is 24.4 Å². The first-order valence-electron chi connectivity index (χ1n) is 7.12. The third kappa shape index (κ3) is 2.84. The number of carbonyl (C=O) groups excluding carboxylic acids is 1. The molecule has 1 saturated heterocycles. The summed E-state index contributed by atoms with van der Waals surface area (Å²) in [5.74, 6) is -0.252. The third-order valence-electron chi connectivity index (χ3n) is 3.89. The summed E-state index contributed by atoms with van der Waals surface area (Å²) in [6.07, 6.45) is 5.96. The number of rotatable bonds is 4. The van der Waals surface area contributed by atoms with Gasteiger partial charge in [-0.3, -0.25) is 4.79 Å². The van der Waals surface area contributed by atoms with Gasteiger partial charge in [-0.2, -0.15) is 9.40 Å². The average molecular weight is 322 g/mol. The lowest BCUT2D eigenvalue weighted by atomic mass is 10.2. The second-order valence-electron chi connectivity index (χ2n) is 5.45. The molecule has 0 spiro atoms. The van der Waals surface area contributed by atoms with Crippen molar-refractivity contribution in [3.8, 4) is 0 Å². The molecule has 0 unspecified atom stereocenters. The summed E-state index contributed by atoms with van der Waals surface area (Å²) in [5, 5.41) is 7.03. The van der Waals surface area contributed by atoms with E-state index in [0.29, 0.717) is 25.9 Å². The Bertz CT molecular complexity index is 799. The quantitative estimate of drug-likeness (QED) is 0.882. The van der Waals surface area contributed by atoms with E-state index in [2.05, 4.69) is 10.4 Å². The molecule has 118 valence electrons. The lowest BCUT2D eigenvalue weighted by Crippen LogP contribution is -2.45. The van der Waals surface area contributed by atoms with Gasteiger partial charge in [0.2, 0.25) is 15.9 Å². The van der Waals surface area contributed by atoms with Gasteiger partial charge in [-0.1, -0.05) is 6.07 Å². The normalized spacial score (nSPS) is 19.6. The van der Waals surface area contributed by atoms with E-state index in [1.165, 1.54) is 4.31 Å². The number of hydrogen-bond donors (Lipinski definition) is 1.